The molecule has 6 heteroatoms. The predicted octanol–water partition coefficient (Wildman–Crippen LogP) is 1.61. The lowest BCUT2D eigenvalue weighted by atomic mass is 9.72. The summed E-state index contributed by atoms with van der Waals surface area (Å²) in [6, 6.07) is 8.96. The molecule has 1 spiro atoms. The second-order valence-electron chi connectivity index (χ2n) is 8.78. The fourth-order valence-electron chi connectivity index (χ4n) is 5.61. The van der Waals surface area contributed by atoms with Crippen molar-refractivity contribution < 1.29 is 5.11 Å². The summed E-state index contributed by atoms with van der Waals surface area (Å²) in [5.41, 5.74) is 2.65. The van der Waals surface area contributed by atoms with E-state index in [4.69, 9.17) is 0 Å². The van der Waals surface area contributed by atoms with Crippen LogP contribution < -0.4 is 0 Å². The maximum Gasteiger partial charge on any atom is 0.120 e. The van der Waals surface area contributed by atoms with Crippen LogP contribution in [0.15, 0.2) is 36.7 Å². The monoisotopic (exact) mass is 381 g/mol. The van der Waals surface area contributed by atoms with Gasteiger partial charge in [0.25, 0.3) is 0 Å². The lowest BCUT2D eigenvalue weighted by Gasteiger charge is -2.44. The van der Waals surface area contributed by atoms with E-state index >= 15 is 0 Å². The van der Waals surface area contributed by atoms with Crippen molar-refractivity contribution in [2.75, 3.05) is 46.3 Å². The Morgan fingerprint density at radius 1 is 1.11 bits per heavy atom. The topological polar surface area (TPSA) is 58.6 Å². The van der Waals surface area contributed by atoms with Gasteiger partial charge >= 0.3 is 0 Å². The molecule has 0 saturated carbocycles. The minimum absolute atomic E-state index is 0.107. The van der Waals surface area contributed by atoms with E-state index in [0.717, 1.165) is 64.5 Å². The van der Waals surface area contributed by atoms with Gasteiger partial charge in [-0.05, 0) is 44.1 Å². The molecule has 5 rings (SSSR count). The maximum absolute atomic E-state index is 11.7. The quantitative estimate of drug-likeness (QED) is 0.846. The molecule has 2 aliphatic heterocycles. The molecular formula is C22H31N5O. The lowest BCUT2D eigenvalue weighted by Crippen LogP contribution is -2.52. The third-order valence-corrected chi connectivity index (χ3v) is 7.29. The summed E-state index contributed by atoms with van der Waals surface area (Å²) < 4.78 is 0. The molecule has 0 unspecified atom stereocenters. The molecule has 1 aliphatic carbocycles. The molecule has 2 saturated heterocycles. The predicted molar refractivity (Wildman–Crippen MR) is 109 cm³/mol. The Labute approximate surface area is 167 Å². The molecule has 6 nitrogen and oxygen atoms in total. The van der Waals surface area contributed by atoms with E-state index in [1.54, 1.807) is 0 Å². The molecular weight excluding hydrogens is 350 g/mol. The fraction of sp³-hybridized carbons (Fsp3) is 0.591. The Bertz CT molecular complexity index is 791. The number of imidazole rings is 1. The van der Waals surface area contributed by atoms with Crippen LogP contribution in [0.5, 0.6) is 0 Å². The lowest BCUT2D eigenvalue weighted by molar-refractivity contribution is -0.0272. The van der Waals surface area contributed by atoms with Gasteiger partial charge in [-0.1, -0.05) is 24.3 Å². The molecule has 28 heavy (non-hydrogen) atoms. The Balaban J connectivity index is 1.38. The van der Waals surface area contributed by atoms with Crippen LogP contribution in [0.25, 0.3) is 0 Å². The van der Waals surface area contributed by atoms with Gasteiger partial charge in [0.1, 0.15) is 5.82 Å². The van der Waals surface area contributed by atoms with Crippen molar-refractivity contribution in [3.63, 3.8) is 0 Å². The molecule has 2 atom stereocenters. The van der Waals surface area contributed by atoms with Gasteiger partial charge in [-0.25, -0.2) is 4.98 Å². The van der Waals surface area contributed by atoms with Gasteiger partial charge < -0.3 is 15.0 Å². The number of hydrogen-bond acceptors (Lipinski definition) is 5. The largest absolute Gasteiger partial charge is 0.390 e. The molecule has 150 valence electrons. The number of piperidine rings is 1. The van der Waals surface area contributed by atoms with Crippen molar-refractivity contribution in [2.45, 2.75) is 36.9 Å². The fourth-order valence-corrected chi connectivity index (χ4v) is 5.61. The van der Waals surface area contributed by atoms with Crippen molar-refractivity contribution in [3.05, 3.63) is 53.6 Å². The average molecular weight is 382 g/mol. The second-order valence-corrected chi connectivity index (χ2v) is 8.78. The summed E-state index contributed by atoms with van der Waals surface area (Å²) in [7, 11) is 2.19. The van der Waals surface area contributed by atoms with Crippen molar-refractivity contribution in [3.8, 4) is 0 Å². The van der Waals surface area contributed by atoms with Gasteiger partial charge in [0.15, 0.2) is 0 Å². The number of likely N-dealkylation sites (tertiary alicyclic amines) is 1. The first-order valence-electron chi connectivity index (χ1n) is 10.6. The number of nitrogens with zero attached hydrogens (tertiary/aromatic N) is 4. The van der Waals surface area contributed by atoms with Crippen molar-refractivity contribution in [1.82, 2.24) is 24.7 Å². The number of benzene rings is 1. The molecule has 2 N–H and O–H groups in total. The zero-order valence-electron chi connectivity index (χ0n) is 16.7. The van der Waals surface area contributed by atoms with E-state index in [2.05, 4.69) is 56.0 Å². The Morgan fingerprint density at radius 2 is 1.86 bits per heavy atom. The highest BCUT2D eigenvalue weighted by Crippen LogP contribution is 2.52. The van der Waals surface area contributed by atoms with Crippen LogP contribution in [0.3, 0.4) is 0 Å². The molecule has 0 bridgehead atoms. The normalized spacial score (nSPS) is 28.6. The smallest absolute Gasteiger partial charge is 0.120 e. The van der Waals surface area contributed by atoms with Gasteiger partial charge in [-0.2, -0.15) is 0 Å². The first-order chi connectivity index (χ1) is 13.7. The van der Waals surface area contributed by atoms with Crippen LogP contribution in [-0.2, 0) is 12.0 Å². The van der Waals surface area contributed by atoms with Crippen LogP contribution in [-0.4, -0.2) is 82.2 Å². The Morgan fingerprint density at radius 3 is 2.57 bits per heavy atom. The summed E-state index contributed by atoms with van der Waals surface area (Å²) in [5.74, 6) is 1.03. The third-order valence-electron chi connectivity index (χ3n) is 7.29. The summed E-state index contributed by atoms with van der Waals surface area (Å²) in [6.45, 7) is 7.09. The number of nitrogens with one attached hydrogen (secondary N) is 1. The Kier molecular flexibility index (Phi) is 4.75. The number of fused-ring (bicyclic) bond motifs is 2. The first-order valence-corrected chi connectivity index (χ1v) is 10.6. The van der Waals surface area contributed by atoms with E-state index in [1.807, 2.05) is 12.4 Å². The first kappa shape index (κ1) is 18.3. The molecule has 2 fully saturated rings. The van der Waals surface area contributed by atoms with E-state index in [0.29, 0.717) is 0 Å². The van der Waals surface area contributed by atoms with Gasteiger partial charge in [0, 0.05) is 44.0 Å². The number of likely N-dealkylation sites (N-methyl/N-ethyl adjacent to an activating group) is 1. The van der Waals surface area contributed by atoms with Gasteiger partial charge in [0.05, 0.1) is 18.7 Å². The molecule has 3 heterocycles. The van der Waals surface area contributed by atoms with Crippen LogP contribution in [0.2, 0.25) is 0 Å². The standard InChI is InChI=1S/C22H31N5O/c1-25-12-14-27(15-13-25)20-17-4-2-3-5-18(17)22(21(20)28)6-10-26(11-7-22)16-19-23-8-9-24-19/h2-5,8-9,20-21,28H,6-7,10-16H2,1H3,(H,23,24)/t20-,21+/m1/s1. The highest BCUT2D eigenvalue weighted by molar-refractivity contribution is 5.45. The number of piperazine rings is 1. The maximum atomic E-state index is 11.7. The highest BCUT2D eigenvalue weighted by Gasteiger charge is 2.54. The Hall–Kier alpha value is -1.73. The highest BCUT2D eigenvalue weighted by atomic mass is 16.3. The van der Waals surface area contributed by atoms with Gasteiger partial charge in [-0.3, -0.25) is 9.80 Å². The summed E-state index contributed by atoms with van der Waals surface area (Å²) in [6.07, 6.45) is 5.40. The number of aromatic nitrogens is 2. The van der Waals surface area contributed by atoms with Crippen LogP contribution in [0.1, 0.15) is 35.8 Å². The molecule has 3 aliphatic rings. The zero-order chi connectivity index (χ0) is 19.1. The van der Waals surface area contributed by atoms with E-state index in [1.165, 1.54) is 11.1 Å². The third kappa shape index (κ3) is 2.99. The molecule has 2 aromatic rings. The number of aliphatic hydroxyl groups excluding tert-OH is 1. The van der Waals surface area contributed by atoms with Crippen LogP contribution >= 0.6 is 0 Å². The number of H-pyrrole nitrogens is 1. The zero-order valence-corrected chi connectivity index (χ0v) is 16.7. The van der Waals surface area contributed by atoms with Crippen LogP contribution in [0.4, 0.5) is 0 Å². The number of rotatable bonds is 3. The molecule has 0 radical (unpaired) electrons. The summed E-state index contributed by atoms with van der Waals surface area (Å²) in [5, 5.41) is 11.7. The molecule has 1 aromatic heterocycles. The van der Waals surface area contributed by atoms with Crippen LogP contribution in [0, 0.1) is 0 Å². The van der Waals surface area contributed by atoms with Crippen molar-refractivity contribution >= 4 is 0 Å². The number of hydrogen-bond donors (Lipinski definition) is 2. The van der Waals surface area contributed by atoms with Gasteiger partial charge in [0.2, 0.25) is 0 Å². The van der Waals surface area contributed by atoms with E-state index < -0.39 is 0 Å². The van der Waals surface area contributed by atoms with Crippen molar-refractivity contribution in [2.24, 2.45) is 0 Å². The molecule has 1 aromatic carbocycles. The second kappa shape index (κ2) is 7.26. The average Bonchev–Trinajstić information content (AvgIpc) is 3.31. The number of aromatic amines is 1. The minimum Gasteiger partial charge on any atom is -0.390 e. The SMILES string of the molecule is CN1CCN([C@@H]2c3ccccc3C3(CCN(Cc4ncc[nH]4)CC3)[C@H]2O)CC1. The minimum atomic E-state index is -0.320. The summed E-state index contributed by atoms with van der Waals surface area (Å²) in [4.78, 5) is 14.9. The summed E-state index contributed by atoms with van der Waals surface area (Å²) >= 11 is 0. The molecule has 0 amide bonds. The van der Waals surface area contributed by atoms with Gasteiger partial charge in [-0.15, -0.1) is 0 Å². The van der Waals surface area contributed by atoms with Crippen molar-refractivity contribution in [1.29, 1.82) is 0 Å². The number of aliphatic hydroxyl groups is 1. The van der Waals surface area contributed by atoms with E-state index in [9.17, 15) is 5.11 Å². The van der Waals surface area contributed by atoms with E-state index in [-0.39, 0.29) is 17.6 Å².